The molecule has 0 aromatic heterocycles. The highest BCUT2D eigenvalue weighted by molar-refractivity contribution is 5.94. The Morgan fingerprint density at radius 2 is 1.89 bits per heavy atom. The minimum Gasteiger partial charge on any atom is -0.481 e. The van der Waals surface area contributed by atoms with E-state index in [9.17, 15) is 14.7 Å². The summed E-state index contributed by atoms with van der Waals surface area (Å²) >= 11 is 0. The molecule has 1 amide bonds. The molecule has 19 heavy (non-hydrogen) atoms. The third-order valence-corrected chi connectivity index (χ3v) is 3.86. The van der Waals surface area contributed by atoms with Crippen molar-refractivity contribution >= 4 is 11.9 Å². The van der Waals surface area contributed by atoms with Crippen molar-refractivity contribution in [2.45, 2.75) is 32.7 Å². The second-order valence-corrected chi connectivity index (χ2v) is 5.19. The molecule has 1 aliphatic heterocycles. The van der Waals surface area contributed by atoms with Crippen LogP contribution in [0.5, 0.6) is 0 Å². The van der Waals surface area contributed by atoms with Gasteiger partial charge in [-0.25, -0.2) is 0 Å². The van der Waals surface area contributed by atoms with Gasteiger partial charge >= 0.3 is 5.97 Å². The van der Waals surface area contributed by atoms with Gasteiger partial charge < -0.3 is 10.0 Å². The van der Waals surface area contributed by atoms with Gasteiger partial charge in [0.25, 0.3) is 5.91 Å². The number of carbonyl (C=O) groups is 2. The highest BCUT2D eigenvalue weighted by Gasteiger charge is 2.35. The summed E-state index contributed by atoms with van der Waals surface area (Å²) in [5.41, 5.74) is 1.73. The van der Waals surface area contributed by atoms with Gasteiger partial charge in [-0.05, 0) is 38.8 Å². The number of aliphatic carboxylic acids is 1. The minimum absolute atomic E-state index is 0.0709. The van der Waals surface area contributed by atoms with Crippen molar-refractivity contribution in [2.24, 2.45) is 5.92 Å². The van der Waals surface area contributed by atoms with E-state index in [1.807, 2.05) is 26.0 Å². The Kier molecular flexibility index (Phi) is 3.88. The van der Waals surface area contributed by atoms with Gasteiger partial charge in [0.15, 0.2) is 0 Å². The van der Waals surface area contributed by atoms with Crippen LogP contribution in [0.15, 0.2) is 24.3 Å². The number of hydrogen-bond donors (Lipinski definition) is 1. The number of carbonyl (C=O) groups excluding carboxylic acids is 1. The number of piperidine rings is 1. The Morgan fingerprint density at radius 1 is 1.26 bits per heavy atom. The second-order valence-electron chi connectivity index (χ2n) is 5.19. The Labute approximate surface area is 113 Å². The minimum atomic E-state index is -0.811. The van der Waals surface area contributed by atoms with E-state index in [-0.39, 0.29) is 11.9 Å². The normalized spacial score (nSPS) is 23.2. The standard InChI is InChI=1S/C15H19NO3/c1-10-5-7-12(8-6-10)14(17)16-9-3-4-13(11(16)2)15(18)19/h5-8,11,13H,3-4,9H2,1-2H3,(H,18,19)/t11-,13-/m1/s1. The van der Waals surface area contributed by atoms with E-state index in [0.29, 0.717) is 18.5 Å². The van der Waals surface area contributed by atoms with Gasteiger partial charge in [0, 0.05) is 18.2 Å². The first-order valence-electron chi connectivity index (χ1n) is 6.61. The summed E-state index contributed by atoms with van der Waals surface area (Å²) in [7, 11) is 0. The zero-order valence-corrected chi connectivity index (χ0v) is 11.3. The number of nitrogens with zero attached hydrogens (tertiary/aromatic N) is 1. The largest absolute Gasteiger partial charge is 0.481 e. The van der Waals surface area contributed by atoms with Gasteiger partial charge in [-0.2, -0.15) is 0 Å². The molecule has 102 valence electrons. The number of hydrogen-bond acceptors (Lipinski definition) is 2. The second kappa shape index (κ2) is 5.43. The maximum Gasteiger partial charge on any atom is 0.308 e. The Hall–Kier alpha value is -1.84. The van der Waals surface area contributed by atoms with Crippen LogP contribution in [0.1, 0.15) is 35.7 Å². The molecule has 1 fully saturated rings. The molecule has 0 unspecified atom stereocenters. The first-order chi connectivity index (χ1) is 9.00. The van der Waals surface area contributed by atoms with Gasteiger partial charge in [0.1, 0.15) is 0 Å². The zero-order valence-electron chi connectivity index (χ0n) is 11.3. The maximum atomic E-state index is 12.4. The summed E-state index contributed by atoms with van der Waals surface area (Å²) in [5, 5.41) is 9.18. The van der Waals surface area contributed by atoms with Gasteiger partial charge in [-0.3, -0.25) is 9.59 Å². The fraction of sp³-hybridized carbons (Fsp3) is 0.467. The molecule has 1 aromatic carbocycles. The molecule has 0 spiro atoms. The van der Waals surface area contributed by atoms with Crippen molar-refractivity contribution in [1.82, 2.24) is 4.90 Å². The van der Waals surface area contributed by atoms with Crippen LogP contribution >= 0.6 is 0 Å². The lowest BCUT2D eigenvalue weighted by molar-refractivity contribution is -0.144. The molecule has 4 heteroatoms. The molecular weight excluding hydrogens is 242 g/mol. The lowest BCUT2D eigenvalue weighted by atomic mass is 9.90. The summed E-state index contributed by atoms with van der Waals surface area (Å²) in [6, 6.07) is 7.15. The third-order valence-electron chi connectivity index (χ3n) is 3.86. The molecule has 1 heterocycles. The lowest BCUT2D eigenvalue weighted by Crippen LogP contribution is -2.49. The molecule has 0 aliphatic carbocycles. The molecule has 2 atom stereocenters. The monoisotopic (exact) mass is 261 g/mol. The molecule has 0 saturated carbocycles. The smallest absolute Gasteiger partial charge is 0.308 e. The topological polar surface area (TPSA) is 57.6 Å². The SMILES string of the molecule is Cc1ccc(C(=O)N2CCC[C@@H](C(=O)O)[C@H]2C)cc1. The molecule has 1 saturated heterocycles. The number of benzene rings is 1. The molecule has 2 rings (SSSR count). The van der Waals surface area contributed by atoms with Crippen LogP contribution < -0.4 is 0 Å². The quantitative estimate of drug-likeness (QED) is 0.888. The molecule has 0 bridgehead atoms. The fourth-order valence-electron chi connectivity index (χ4n) is 2.62. The Bertz CT molecular complexity index is 481. The van der Waals surface area contributed by atoms with Crippen LogP contribution in [0.2, 0.25) is 0 Å². The van der Waals surface area contributed by atoms with Crippen molar-refractivity contribution in [1.29, 1.82) is 0 Å². The van der Waals surface area contributed by atoms with Gasteiger partial charge in [0.2, 0.25) is 0 Å². The van der Waals surface area contributed by atoms with Crippen molar-refractivity contribution in [3.8, 4) is 0 Å². The van der Waals surface area contributed by atoms with Crippen LogP contribution in [0.4, 0.5) is 0 Å². The Morgan fingerprint density at radius 3 is 2.47 bits per heavy atom. The zero-order chi connectivity index (χ0) is 14.0. The fourth-order valence-corrected chi connectivity index (χ4v) is 2.62. The number of amides is 1. The summed E-state index contributed by atoms with van der Waals surface area (Å²) < 4.78 is 0. The number of rotatable bonds is 2. The third kappa shape index (κ3) is 2.78. The van der Waals surface area contributed by atoms with Crippen molar-refractivity contribution in [3.05, 3.63) is 35.4 Å². The molecule has 4 nitrogen and oxygen atoms in total. The van der Waals surface area contributed by atoms with Crippen LogP contribution in [0, 0.1) is 12.8 Å². The molecule has 1 aliphatic rings. The van der Waals surface area contributed by atoms with Gasteiger partial charge in [-0.15, -0.1) is 0 Å². The lowest BCUT2D eigenvalue weighted by Gasteiger charge is -2.37. The average Bonchev–Trinajstić information content (AvgIpc) is 2.38. The summed E-state index contributed by atoms with van der Waals surface area (Å²) in [6.45, 7) is 4.43. The van der Waals surface area contributed by atoms with E-state index < -0.39 is 11.9 Å². The molecule has 0 radical (unpaired) electrons. The van der Waals surface area contributed by atoms with Crippen molar-refractivity contribution < 1.29 is 14.7 Å². The molecule has 1 N–H and O–H groups in total. The van der Waals surface area contributed by atoms with E-state index in [4.69, 9.17) is 0 Å². The van der Waals surface area contributed by atoms with Crippen LogP contribution in [-0.4, -0.2) is 34.5 Å². The van der Waals surface area contributed by atoms with E-state index in [2.05, 4.69) is 0 Å². The number of likely N-dealkylation sites (tertiary alicyclic amines) is 1. The van der Waals surface area contributed by atoms with Crippen molar-refractivity contribution in [2.75, 3.05) is 6.54 Å². The maximum absolute atomic E-state index is 12.4. The van der Waals surface area contributed by atoms with E-state index in [1.165, 1.54) is 0 Å². The summed E-state index contributed by atoms with van der Waals surface area (Å²) in [6.07, 6.45) is 1.40. The highest BCUT2D eigenvalue weighted by atomic mass is 16.4. The summed E-state index contributed by atoms with van der Waals surface area (Å²) in [4.78, 5) is 25.3. The van der Waals surface area contributed by atoms with E-state index in [1.54, 1.807) is 17.0 Å². The Balaban J connectivity index is 2.18. The number of carboxylic acid groups (broad SMARTS) is 1. The number of carboxylic acids is 1. The highest BCUT2D eigenvalue weighted by Crippen LogP contribution is 2.25. The average molecular weight is 261 g/mol. The first-order valence-corrected chi connectivity index (χ1v) is 6.61. The van der Waals surface area contributed by atoms with Crippen LogP contribution in [-0.2, 0) is 4.79 Å². The predicted octanol–water partition coefficient (Wildman–Crippen LogP) is 2.32. The van der Waals surface area contributed by atoms with Gasteiger partial charge in [-0.1, -0.05) is 17.7 Å². The van der Waals surface area contributed by atoms with Crippen LogP contribution in [0.3, 0.4) is 0 Å². The first kappa shape index (κ1) is 13.6. The molecule has 1 aromatic rings. The predicted molar refractivity (Wildman–Crippen MR) is 72.0 cm³/mol. The van der Waals surface area contributed by atoms with Crippen molar-refractivity contribution in [3.63, 3.8) is 0 Å². The van der Waals surface area contributed by atoms with E-state index >= 15 is 0 Å². The van der Waals surface area contributed by atoms with Gasteiger partial charge in [0.05, 0.1) is 5.92 Å². The van der Waals surface area contributed by atoms with E-state index in [0.717, 1.165) is 12.0 Å². The summed E-state index contributed by atoms with van der Waals surface area (Å²) in [5.74, 6) is -1.34. The molecular formula is C15H19NO3. The van der Waals surface area contributed by atoms with Crippen LogP contribution in [0.25, 0.3) is 0 Å². The number of aryl methyl sites for hydroxylation is 1.